The van der Waals surface area contributed by atoms with Crippen molar-refractivity contribution in [1.82, 2.24) is 4.98 Å². The van der Waals surface area contributed by atoms with Gasteiger partial charge in [0.2, 0.25) is 0 Å². The fourth-order valence-electron chi connectivity index (χ4n) is 1.56. The zero-order chi connectivity index (χ0) is 13.2. The van der Waals surface area contributed by atoms with E-state index in [2.05, 4.69) is 4.98 Å². The Bertz CT molecular complexity index is 534. The summed E-state index contributed by atoms with van der Waals surface area (Å²) in [5.74, 6) is 0.356. The van der Waals surface area contributed by atoms with Crippen LogP contribution in [0.3, 0.4) is 0 Å². The highest BCUT2D eigenvalue weighted by molar-refractivity contribution is 5.27. The zero-order valence-corrected chi connectivity index (χ0v) is 9.37. The summed E-state index contributed by atoms with van der Waals surface area (Å²) < 4.78 is 42.6. The average molecular weight is 256 g/mol. The van der Waals surface area contributed by atoms with Gasteiger partial charge < -0.3 is 10.2 Å². The number of hydrogen-bond donors (Lipinski definition) is 1. The molecular formula is C12H11F3N2O. The average Bonchev–Trinajstić information content (AvgIpc) is 2.76. The highest BCUT2D eigenvalue weighted by Gasteiger charge is 2.30. The predicted octanol–water partition coefficient (Wildman–Crippen LogP) is 2.74. The molecule has 18 heavy (non-hydrogen) atoms. The van der Waals surface area contributed by atoms with E-state index in [1.54, 1.807) is 6.07 Å². The molecule has 1 aromatic heterocycles. The topological polar surface area (TPSA) is 52.0 Å². The van der Waals surface area contributed by atoms with Crippen LogP contribution in [-0.2, 0) is 19.1 Å². The van der Waals surface area contributed by atoms with Gasteiger partial charge in [0.25, 0.3) is 0 Å². The Kier molecular flexibility index (Phi) is 3.38. The van der Waals surface area contributed by atoms with Crippen LogP contribution in [0.4, 0.5) is 13.2 Å². The normalized spacial score (nSPS) is 11.8. The summed E-state index contributed by atoms with van der Waals surface area (Å²) in [6, 6.07) is 5.09. The molecule has 0 aliphatic heterocycles. The van der Waals surface area contributed by atoms with Crippen LogP contribution < -0.4 is 5.73 Å². The quantitative estimate of drug-likeness (QED) is 0.918. The fraction of sp³-hybridized carbons (Fsp3) is 0.250. The first-order valence-corrected chi connectivity index (χ1v) is 5.28. The second-order valence-corrected chi connectivity index (χ2v) is 3.81. The maximum atomic E-state index is 12.5. The van der Waals surface area contributed by atoms with E-state index < -0.39 is 11.7 Å². The minimum absolute atomic E-state index is 0.212. The second-order valence-electron chi connectivity index (χ2n) is 3.81. The Labute approximate surface area is 101 Å². The molecule has 0 unspecified atom stereocenters. The Morgan fingerprint density at radius 2 is 2.06 bits per heavy atom. The Morgan fingerprint density at radius 1 is 1.28 bits per heavy atom. The van der Waals surface area contributed by atoms with Crippen LogP contribution in [0.15, 0.2) is 34.9 Å². The molecule has 2 rings (SSSR count). The molecule has 2 N–H and O–H groups in total. The van der Waals surface area contributed by atoms with E-state index in [1.165, 1.54) is 12.3 Å². The van der Waals surface area contributed by atoms with Crippen molar-refractivity contribution >= 4 is 0 Å². The van der Waals surface area contributed by atoms with Crippen LogP contribution in [0, 0.1) is 0 Å². The maximum absolute atomic E-state index is 12.5. The highest BCUT2D eigenvalue weighted by Crippen LogP contribution is 2.29. The first kappa shape index (κ1) is 12.6. The van der Waals surface area contributed by atoms with Crippen molar-refractivity contribution < 1.29 is 17.6 Å². The Morgan fingerprint density at radius 3 is 2.67 bits per heavy atom. The number of alkyl halides is 3. The summed E-state index contributed by atoms with van der Waals surface area (Å²) in [6.07, 6.45) is -2.72. The van der Waals surface area contributed by atoms with E-state index in [9.17, 15) is 13.2 Å². The van der Waals surface area contributed by atoms with E-state index in [0.717, 1.165) is 12.1 Å². The van der Waals surface area contributed by atoms with Crippen molar-refractivity contribution in [2.45, 2.75) is 19.1 Å². The van der Waals surface area contributed by atoms with Crippen molar-refractivity contribution in [3.8, 4) is 0 Å². The molecule has 0 aliphatic rings. The molecule has 0 saturated heterocycles. The lowest BCUT2D eigenvalue weighted by molar-refractivity contribution is -0.137. The van der Waals surface area contributed by atoms with Crippen LogP contribution in [0.1, 0.15) is 22.7 Å². The van der Waals surface area contributed by atoms with E-state index >= 15 is 0 Å². The van der Waals surface area contributed by atoms with E-state index in [0.29, 0.717) is 17.1 Å². The molecule has 96 valence electrons. The third-order valence-electron chi connectivity index (χ3n) is 2.42. The van der Waals surface area contributed by atoms with Gasteiger partial charge in [-0.25, -0.2) is 4.98 Å². The number of benzene rings is 1. The smallest absolute Gasteiger partial charge is 0.416 e. The summed E-state index contributed by atoms with van der Waals surface area (Å²) >= 11 is 0. The molecule has 0 atom stereocenters. The molecule has 0 fully saturated rings. The third kappa shape index (κ3) is 2.89. The van der Waals surface area contributed by atoms with E-state index in [1.807, 2.05) is 0 Å². The van der Waals surface area contributed by atoms with Gasteiger partial charge >= 0.3 is 6.18 Å². The molecule has 0 spiro atoms. The predicted molar refractivity (Wildman–Crippen MR) is 58.6 cm³/mol. The SMILES string of the molecule is NCc1coc(Cc2cccc(C(F)(F)F)c2)n1. The summed E-state index contributed by atoms with van der Waals surface area (Å²) in [4.78, 5) is 4.04. The highest BCUT2D eigenvalue weighted by atomic mass is 19.4. The molecule has 3 nitrogen and oxygen atoms in total. The zero-order valence-electron chi connectivity index (χ0n) is 9.37. The van der Waals surface area contributed by atoms with Gasteiger partial charge in [-0.1, -0.05) is 18.2 Å². The number of aromatic nitrogens is 1. The van der Waals surface area contributed by atoms with Crippen LogP contribution in [0.25, 0.3) is 0 Å². The third-order valence-corrected chi connectivity index (χ3v) is 2.42. The molecule has 1 heterocycles. The van der Waals surface area contributed by atoms with Crippen molar-refractivity contribution in [2.75, 3.05) is 0 Å². The lowest BCUT2D eigenvalue weighted by Gasteiger charge is -2.07. The summed E-state index contributed by atoms with van der Waals surface area (Å²) in [5.41, 5.74) is 5.77. The summed E-state index contributed by atoms with van der Waals surface area (Å²) in [6.45, 7) is 0.242. The molecule has 2 aromatic rings. The van der Waals surface area contributed by atoms with Gasteiger partial charge in [-0.2, -0.15) is 13.2 Å². The molecule has 0 bridgehead atoms. The van der Waals surface area contributed by atoms with Gasteiger partial charge in [0, 0.05) is 13.0 Å². The Hall–Kier alpha value is -1.82. The Balaban J connectivity index is 2.19. The number of rotatable bonds is 3. The number of hydrogen-bond acceptors (Lipinski definition) is 3. The summed E-state index contributed by atoms with van der Waals surface area (Å²) in [5, 5.41) is 0. The molecule has 1 aromatic carbocycles. The number of oxazole rings is 1. The molecule has 6 heteroatoms. The monoisotopic (exact) mass is 256 g/mol. The van der Waals surface area contributed by atoms with Crippen LogP contribution >= 0.6 is 0 Å². The molecule has 0 radical (unpaired) electrons. The number of nitrogens with zero attached hydrogens (tertiary/aromatic N) is 1. The second kappa shape index (κ2) is 4.81. The summed E-state index contributed by atoms with van der Waals surface area (Å²) in [7, 11) is 0. The lowest BCUT2D eigenvalue weighted by atomic mass is 10.1. The minimum Gasteiger partial charge on any atom is -0.448 e. The van der Waals surface area contributed by atoms with Crippen LogP contribution in [0.5, 0.6) is 0 Å². The minimum atomic E-state index is -4.34. The van der Waals surface area contributed by atoms with Gasteiger partial charge in [-0.05, 0) is 11.6 Å². The first-order chi connectivity index (χ1) is 8.49. The lowest BCUT2D eigenvalue weighted by Crippen LogP contribution is -2.05. The van der Waals surface area contributed by atoms with Crippen molar-refractivity contribution in [1.29, 1.82) is 0 Å². The molecule has 0 saturated carbocycles. The van der Waals surface area contributed by atoms with Crippen molar-refractivity contribution in [3.63, 3.8) is 0 Å². The first-order valence-electron chi connectivity index (χ1n) is 5.28. The van der Waals surface area contributed by atoms with Gasteiger partial charge in [0.1, 0.15) is 6.26 Å². The molecule has 0 amide bonds. The van der Waals surface area contributed by atoms with Gasteiger partial charge in [0.05, 0.1) is 11.3 Å². The van der Waals surface area contributed by atoms with Gasteiger partial charge in [0.15, 0.2) is 5.89 Å². The van der Waals surface area contributed by atoms with E-state index in [-0.39, 0.29) is 13.0 Å². The standard InChI is InChI=1S/C12H11F3N2O/c13-12(14,15)9-3-1-2-8(4-9)5-11-17-10(6-16)7-18-11/h1-4,7H,5-6,16H2. The van der Waals surface area contributed by atoms with Crippen LogP contribution in [-0.4, -0.2) is 4.98 Å². The van der Waals surface area contributed by atoms with Crippen molar-refractivity contribution in [2.24, 2.45) is 5.73 Å². The maximum Gasteiger partial charge on any atom is 0.416 e. The van der Waals surface area contributed by atoms with Gasteiger partial charge in [-0.15, -0.1) is 0 Å². The molecular weight excluding hydrogens is 245 g/mol. The van der Waals surface area contributed by atoms with E-state index in [4.69, 9.17) is 10.2 Å². The number of nitrogens with two attached hydrogens (primary N) is 1. The number of halogens is 3. The van der Waals surface area contributed by atoms with Gasteiger partial charge in [-0.3, -0.25) is 0 Å². The van der Waals surface area contributed by atoms with Crippen LogP contribution in [0.2, 0.25) is 0 Å². The van der Waals surface area contributed by atoms with Crippen molar-refractivity contribution in [3.05, 3.63) is 53.2 Å². The largest absolute Gasteiger partial charge is 0.448 e. The fourth-order valence-corrected chi connectivity index (χ4v) is 1.56. The molecule has 0 aliphatic carbocycles.